The number of alkyl halides is 1. The molecule has 0 N–H and O–H groups in total. The van der Waals surface area contributed by atoms with Crippen molar-refractivity contribution in [3.05, 3.63) is 28.2 Å². The lowest BCUT2D eigenvalue weighted by Gasteiger charge is -2.14. The Hall–Kier alpha value is -0.350. The van der Waals surface area contributed by atoms with Crippen LogP contribution in [0.15, 0.2) is 22.7 Å². The van der Waals surface area contributed by atoms with Gasteiger partial charge in [-0.1, -0.05) is 28.1 Å². The van der Waals surface area contributed by atoms with Gasteiger partial charge < -0.3 is 4.74 Å². The van der Waals surface area contributed by atoms with Crippen LogP contribution in [0.1, 0.15) is 24.2 Å². The van der Waals surface area contributed by atoms with Crippen LogP contribution in [0.3, 0.4) is 0 Å². The van der Waals surface area contributed by atoms with Crippen molar-refractivity contribution in [2.24, 2.45) is 0 Å². The van der Waals surface area contributed by atoms with E-state index < -0.39 is 0 Å². The number of ether oxygens (including phenoxy) is 1. The summed E-state index contributed by atoms with van der Waals surface area (Å²) in [7, 11) is 0. The van der Waals surface area contributed by atoms with Gasteiger partial charge in [-0.3, -0.25) is 4.79 Å². The van der Waals surface area contributed by atoms with Crippen LogP contribution >= 0.6 is 31.9 Å². The Morgan fingerprint density at radius 3 is 2.73 bits per heavy atom. The molecule has 1 aromatic rings. The summed E-state index contributed by atoms with van der Waals surface area (Å²) in [4.78, 5) is 11.0. The molecular weight excluding hydrogens is 324 g/mol. The fraction of sp³-hybridized carbons (Fsp3) is 0.364. The average molecular weight is 336 g/mol. The SMILES string of the molecule is CCOc1c(Br)cccc1C(Br)C(C)=O. The first-order chi connectivity index (χ1) is 7.07. The zero-order chi connectivity index (χ0) is 11.4. The van der Waals surface area contributed by atoms with Crippen LogP contribution in [-0.2, 0) is 4.79 Å². The summed E-state index contributed by atoms with van der Waals surface area (Å²) >= 11 is 6.76. The Labute approximate surface area is 106 Å². The van der Waals surface area contributed by atoms with Gasteiger partial charge in [0.15, 0.2) is 0 Å². The largest absolute Gasteiger partial charge is 0.492 e. The maximum Gasteiger partial charge on any atom is 0.147 e. The van der Waals surface area contributed by atoms with E-state index >= 15 is 0 Å². The van der Waals surface area contributed by atoms with Gasteiger partial charge >= 0.3 is 0 Å². The Morgan fingerprint density at radius 2 is 2.20 bits per heavy atom. The third-order valence-corrected chi connectivity index (χ3v) is 3.68. The Morgan fingerprint density at radius 1 is 1.53 bits per heavy atom. The zero-order valence-corrected chi connectivity index (χ0v) is 11.8. The smallest absolute Gasteiger partial charge is 0.147 e. The highest BCUT2D eigenvalue weighted by Crippen LogP contribution is 2.37. The van der Waals surface area contributed by atoms with E-state index in [-0.39, 0.29) is 10.6 Å². The highest BCUT2D eigenvalue weighted by atomic mass is 79.9. The minimum absolute atomic E-state index is 0.0639. The number of ketones is 1. The molecule has 0 aromatic heterocycles. The predicted octanol–water partition coefficient (Wildman–Crippen LogP) is 3.87. The first-order valence-electron chi connectivity index (χ1n) is 4.63. The van der Waals surface area contributed by atoms with Crippen molar-refractivity contribution in [1.29, 1.82) is 0 Å². The molecule has 1 rings (SSSR count). The fourth-order valence-corrected chi connectivity index (χ4v) is 2.10. The number of benzene rings is 1. The van der Waals surface area contributed by atoms with Crippen molar-refractivity contribution in [2.45, 2.75) is 18.7 Å². The van der Waals surface area contributed by atoms with E-state index in [1.807, 2.05) is 25.1 Å². The lowest BCUT2D eigenvalue weighted by atomic mass is 10.1. The molecule has 0 aliphatic rings. The van der Waals surface area contributed by atoms with Gasteiger partial charge in [0, 0.05) is 5.56 Å². The Bertz CT molecular complexity index is 364. The lowest BCUT2D eigenvalue weighted by Crippen LogP contribution is -2.05. The minimum atomic E-state index is -0.309. The molecule has 0 aliphatic heterocycles. The van der Waals surface area contributed by atoms with Crippen LogP contribution in [0.5, 0.6) is 5.75 Å². The van der Waals surface area contributed by atoms with Crippen LogP contribution in [-0.4, -0.2) is 12.4 Å². The van der Waals surface area contributed by atoms with Crippen LogP contribution < -0.4 is 4.74 Å². The van der Waals surface area contributed by atoms with Crippen molar-refractivity contribution >= 4 is 37.6 Å². The number of carbonyl (C=O) groups excluding carboxylic acids is 1. The number of halogens is 2. The molecule has 1 atom stereocenters. The summed E-state index contributed by atoms with van der Waals surface area (Å²) in [6, 6.07) is 5.67. The monoisotopic (exact) mass is 334 g/mol. The lowest BCUT2D eigenvalue weighted by molar-refractivity contribution is -0.116. The normalized spacial score (nSPS) is 12.3. The van der Waals surface area contributed by atoms with Crippen LogP contribution in [0.4, 0.5) is 0 Å². The van der Waals surface area contributed by atoms with E-state index in [0.29, 0.717) is 6.61 Å². The summed E-state index contributed by atoms with van der Waals surface area (Å²) < 4.78 is 6.38. The molecule has 0 heterocycles. The number of hydrogen-bond acceptors (Lipinski definition) is 2. The topological polar surface area (TPSA) is 26.3 Å². The van der Waals surface area contributed by atoms with Crippen LogP contribution in [0, 0.1) is 0 Å². The van der Waals surface area contributed by atoms with E-state index in [9.17, 15) is 4.79 Å². The highest BCUT2D eigenvalue weighted by Gasteiger charge is 2.18. The number of rotatable bonds is 4. The minimum Gasteiger partial charge on any atom is -0.492 e. The van der Waals surface area contributed by atoms with E-state index in [4.69, 9.17) is 4.74 Å². The van der Waals surface area contributed by atoms with Crippen molar-refractivity contribution in [1.82, 2.24) is 0 Å². The van der Waals surface area contributed by atoms with Crippen molar-refractivity contribution in [3.8, 4) is 5.75 Å². The molecule has 1 unspecified atom stereocenters. The molecule has 15 heavy (non-hydrogen) atoms. The highest BCUT2D eigenvalue weighted by molar-refractivity contribution is 9.10. The number of Topliss-reactive ketones (excluding diaryl/α,β-unsaturated/α-hetero) is 1. The molecule has 4 heteroatoms. The third-order valence-electron chi connectivity index (χ3n) is 1.92. The molecule has 0 saturated heterocycles. The maximum atomic E-state index is 11.3. The summed E-state index contributed by atoms with van der Waals surface area (Å²) in [5, 5.41) is 0. The molecular formula is C11H12Br2O2. The number of para-hydroxylation sites is 1. The second-order valence-corrected chi connectivity index (χ2v) is 4.83. The van der Waals surface area contributed by atoms with Gasteiger partial charge in [-0.15, -0.1) is 0 Å². The predicted molar refractivity (Wildman–Crippen MR) is 67.7 cm³/mol. The molecule has 0 amide bonds. The van der Waals surface area contributed by atoms with Gasteiger partial charge in [0.05, 0.1) is 11.1 Å². The first-order valence-corrected chi connectivity index (χ1v) is 6.34. The van der Waals surface area contributed by atoms with Crippen LogP contribution in [0.25, 0.3) is 0 Å². The molecule has 82 valence electrons. The molecule has 0 spiro atoms. The summed E-state index contributed by atoms with van der Waals surface area (Å²) in [5.41, 5.74) is 0.860. The van der Waals surface area contributed by atoms with Gasteiger partial charge in [0.2, 0.25) is 0 Å². The third kappa shape index (κ3) is 3.05. The van der Waals surface area contributed by atoms with E-state index in [1.54, 1.807) is 6.92 Å². The summed E-state index contributed by atoms with van der Waals surface area (Å²) in [5.74, 6) is 0.797. The van der Waals surface area contributed by atoms with Gasteiger partial charge in [0.1, 0.15) is 16.4 Å². The first kappa shape index (κ1) is 12.7. The Kier molecular flexibility index (Phi) is 4.80. The van der Waals surface area contributed by atoms with Gasteiger partial charge in [-0.25, -0.2) is 0 Å². The summed E-state index contributed by atoms with van der Waals surface area (Å²) in [6.45, 7) is 4.05. The molecule has 0 radical (unpaired) electrons. The molecule has 0 bridgehead atoms. The van der Waals surface area contributed by atoms with Gasteiger partial charge in [0.25, 0.3) is 0 Å². The zero-order valence-electron chi connectivity index (χ0n) is 8.59. The molecule has 0 saturated carbocycles. The quantitative estimate of drug-likeness (QED) is 0.781. The van der Waals surface area contributed by atoms with Crippen molar-refractivity contribution < 1.29 is 9.53 Å². The molecule has 0 aliphatic carbocycles. The number of hydrogen-bond donors (Lipinski definition) is 0. The van der Waals surface area contributed by atoms with Gasteiger partial charge in [-0.2, -0.15) is 0 Å². The average Bonchev–Trinajstić information content (AvgIpc) is 2.20. The van der Waals surface area contributed by atoms with E-state index in [0.717, 1.165) is 15.8 Å². The fourth-order valence-electron chi connectivity index (χ4n) is 1.24. The molecule has 2 nitrogen and oxygen atoms in total. The Balaban J connectivity index is 3.15. The standard InChI is InChI=1S/C11H12Br2O2/c1-3-15-11-8(10(13)7(2)14)5-4-6-9(11)12/h4-6,10H,3H2,1-2H3. The number of carbonyl (C=O) groups is 1. The second-order valence-electron chi connectivity index (χ2n) is 3.06. The molecule has 1 aromatic carbocycles. The van der Waals surface area contributed by atoms with E-state index in [2.05, 4.69) is 31.9 Å². The van der Waals surface area contributed by atoms with Crippen molar-refractivity contribution in [2.75, 3.05) is 6.61 Å². The van der Waals surface area contributed by atoms with Crippen molar-refractivity contribution in [3.63, 3.8) is 0 Å². The summed E-state index contributed by atoms with van der Waals surface area (Å²) in [6.07, 6.45) is 0. The van der Waals surface area contributed by atoms with E-state index in [1.165, 1.54) is 0 Å². The maximum absolute atomic E-state index is 11.3. The second kappa shape index (κ2) is 5.66. The molecule has 0 fully saturated rings. The van der Waals surface area contributed by atoms with Crippen LogP contribution in [0.2, 0.25) is 0 Å². The van der Waals surface area contributed by atoms with Gasteiger partial charge in [-0.05, 0) is 35.8 Å².